The van der Waals surface area contributed by atoms with Crippen LogP contribution < -0.4 is 15.5 Å². The minimum absolute atomic E-state index is 0.0217. The van der Waals surface area contributed by atoms with Gasteiger partial charge in [-0.3, -0.25) is 14.4 Å². The number of fused-ring (bicyclic) bond motifs is 1. The molecule has 0 aliphatic carbocycles. The minimum Gasteiger partial charge on any atom is -0.349 e. The monoisotopic (exact) mass is 419 g/mol. The SMILES string of the molecule is Cc1ccc(N2C(=O)c3ccc(C(=O)NC4CC(C)(C)NC(C)(C)C4)cc3C2=O)cc1. The molecule has 2 heterocycles. The van der Waals surface area contributed by atoms with Gasteiger partial charge >= 0.3 is 0 Å². The number of nitrogens with zero attached hydrogens (tertiary/aromatic N) is 1. The van der Waals surface area contributed by atoms with Gasteiger partial charge in [0, 0.05) is 22.7 Å². The quantitative estimate of drug-likeness (QED) is 0.741. The Morgan fingerprint density at radius 3 is 2.13 bits per heavy atom. The van der Waals surface area contributed by atoms with E-state index in [2.05, 4.69) is 38.3 Å². The summed E-state index contributed by atoms with van der Waals surface area (Å²) in [5, 5.41) is 6.73. The number of nitrogens with one attached hydrogen (secondary N) is 2. The van der Waals surface area contributed by atoms with E-state index < -0.39 is 5.91 Å². The third-order valence-electron chi connectivity index (χ3n) is 5.97. The molecule has 0 unspecified atom stereocenters. The molecule has 0 radical (unpaired) electrons. The van der Waals surface area contributed by atoms with E-state index >= 15 is 0 Å². The summed E-state index contributed by atoms with van der Waals surface area (Å²) in [7, 11) is 0. The number of rotatable bonds is 3. The summed E-state index contributed by atoms with van der Waals surface area (Å²) in [4.78, 5) is 40.0. The van der Waals surface area contributed by atoms with Crippen LogP contribution in [0.15, 0.2) is 42.5 Å². The largest absolute Gasteiger partial charge is 0.349 e. The molecule has 0 bridgehead atoms. The van der Waals surface area contributed by atoms with Crippen molar-refractivity contribution in [2.45, 2.75) is 64.6 Å². The zero-order valence-electron chi connectivity index (χ0n) is 18.7. The van der Waals surface area contributed by atoms with Crippen LogP contribution in [-0.4, -0.2) is 34.8 Å². The molecule has 4 rings (SSSR count). The van der Waals surface area contributed by atoms with Crippen LogP contribution in [-0.2, 0) is 0 Å². The second-order valence-corrected chi connectivity index (χ2v) is 10.0. The van der Waals surface area contributed by atoms with E-state index in [1.54, 1.807) is 24.3 Å². The molecule has 31 heavy (non-hydrogen) atoms. The molecule has 2 aromatic rings. The van der Waals surface area contributed by atoms with Gasteiger partial charge in [0.1, 0.15) is 0 Å². The van der Waals surface area contributed by atoms with Gasteiger partial charge in [-0.15, -0.1) is 0 Å². The van der Waals surface area contributed by atoms with Crippen LogP contribution in [0.1, 0.15) is 77.2 Å². The van der Waals surface area contributed by atoms with E-state index in [9.17, 15) is 14.4 Å². The van der Waals surface area contributed by atoms with E-state index in [-0.39, 0.29) is 34.5 Å². The normalized spacial score (nSPS) is 20.0. The first kappa shape index (κ1) is 21.2. The fraction of sp³-hybridized carbons (Fsp3) is 0.400. The summed E-state index contributed by atoms with van der Waals surface area (Å²) < 4.78 is 0. The van der Waals surface area contributed by atoms with Crippen LogP contribution in [0.4, 0.5) is 5.69 Å². The third-order valence-corrected chi connectivity index (χ3v) is 5.97. The van der Waals surface area contributed by atoms with E-state index in [0.29, 0.717) is 16.8 Å². The zero-order valence-corrected chi connectivity index (χ0v) is 18.7. The second kappa shape index (κ2) is 7.31. The van der Waals surface area contributed by atoms with Gasteiger partial charge in [0.05, 0.1) is 16.8 Å². The van der Waals surface area contributed by atoms with E-state index in [1.165, 1.54) is 11.0 Å². The van der Waals surface area contributed by atoms with Crippen LogP contribution in [0.3, 0.4) is 0 Å². The molecule has 2 aliphatic rings. The lowest BCUT2D eigenvalue weighted by atomic mass is 9.79. The number of anilines is 1. The Bertz CT molecular complexity index is 1050. The smallest absolute Gasteiger partial charge is 0.266 e. The summed E-state index contributed by atoms with van der Waals surface area (Å²) in [6, 6.07) is 12.0. The fourth-order valence-electron chi connectivity index (χ4n) is 5.00. The van der Waals surface area contributed by atoms with Gasteiger partial charge in [-0.25, -0.2) is 4.90 Å². The van der Waals surface area contributed by atoms with Crippen molar-refractivity contribution >= 4 is 23.4 Å². The predicted molar refractivity (Wildman–Crippen MR) is 121 cm³/mol. The van der Waals surface area contributed by atoms with E-state index in [0.717, 1.165) is 18.4 Å². The lowest BCUT2D eigenvalue weighted by Crippen LogP contribution is -2.62. The lowest BCUT2D eigenvalue weighted by Gasteiger charge is -2.46. The summed E-state index contributed by atoms with van der Waals surface area (Å²) in [6.45, 7) is 10.5. The Kier molecular flexibility index (Phi) is 5.01. The number of imide groups is 1. The molecule has 6 heteroatoms. The highest BCUT2D eigenvalue weighted by molar-refractivity contribution is 6.34. The topological polar surface area (TPSA) is 78.5 Å². The highest BCUT2D eigenvalue weighted by Gasteiger charge is 2.39. The molecule has 0 spiro atoms. The standard InChI is InChI=1S/C25H29N3O3/c1-15-6-9-18(10-7-15)28-22(30)19-11-8-16(12-20(19)23(28)31)21(29)26-17-13-24(2,3)27-25(4,5)14-17/h6-12,17,27H,13-14H2,1-5H3,(H,26,29). The number of hydrogen-bond donors (Lipinski definition) is 2. The average Bonchev–Trinajstić information content (AvgIpc) is 2.90. The van der Waals surface area contributed by atoms with Crippen molar-refractivity contribution in [3.63, 3.8) is 0 Å². The molecule has 3 amide bonds. The highest BCUT2D eigenvalue weighted by atomic mass is 16.2. The first-order valence-corrected chi connectivity index (χ1v) is 10.7. The summed E-state index contributed by atoms with van der Waals surface area (Å²) in [5.41, 5.74) is 2.38. The number of carbonyl (C=O) groups excluding carboxylic acids is 3. The molecular weight excluding hydrogens is 390 g/mol. The van der Waals surface area contributed by atoms with Gasteiger partial charge in [-0.05, 0) is 77.8 Å². The maximum Gasteiger partial charge on any atom is 0.266 e. The van der Waals surface area contributed by atoms with Crippen molar-refractivity contribution in [2.75, 3.05) is 4.90 Å². The van der Waals surface area contributed by atoms with Crippen LogP contribution in [0.5, 0.6) is 0 Å². The molecule has 1 saturated heterocycles. The molecule has 2 aliphatic heterocycles. The number of piperidine rings is 1. The number of amides is 3. The lowest BCUT2D eigenvalue weighted by molar-refractivity contribution is 0.0871. The van der Waals surface area contributed by atoms with Gasteiger partial charge in [0.25, 0.3) is 17.7 Å². The molecule has 0 aromatic heterocycles. The maximum atomic E-state index is 13.0. The average molecular weight is 420 g/mol. The first-order valence-electron chi connectivity index (χ1n) is 10.7. The van der Waals surface area contributed by atoms with Crippen molar-refractivity contribution in [1.29, 1.82) is 0 Å². The highest BCUT2D eigenvalue weighted by Crippen LogP contribution is 2.31. The summed E-state index contributed by atoms with van der Waals surface area (Å²) in [5.74, 6) is -0.990. The molecule has 2 aromatic carbocycles. The van der Waals surface area contributed by atoms with E-state index in [4.69, 9.17) is 0 Å². The van der Waals surface area contributed by atoms with Crippen LogP contribution in [0.25, 0.3) is 0 Å². The zero-order chi connectivity index (χ0) is 22.6. The molecule has 0 atom stereocenters. The van der Waals surface area contributed by atoms with Crippen molar-refractivity contribution < 1.29 is 14.4 Å². The molecule has 1 fully saturated rings. The maximum absolute atomic E-state index is 13.0. The van der Waals surface area contributed by atoms with Crippen molar-refractivity contribution in [3.05, 3.63) is 64.7 Å². The number of benzene rings is 2. The Labute approximate surface area is 183 Å². The Balaban J connectivity index is 1.56. The first-order chi connectivity index (χ1) is 14.5. The van der Waals surface area contributed by atoms with Crippen LogP contribution >= 0.6 is 0 Å². The number of carbonyl (C=O) groups is 3. The Morgan fingerprint density at radius 1 is 0.935 bits per heavy atom. The van der Waals surface area contributed by atoms with Crippen LogP contribution in [0.2, 0.25) is 0 Å². The molecule has 6 nitrogen and oxygen atoms in total. The summed E-state index contributed by atoms with van der Waals surface area (Å²) >= 11 is 0. The molecule has 2 N–H and O–H groups in total. The second-order valence-electron chi connectivity index (χ2n) is 10.0. The van der Waals surface area contributed by atoms with Gasteiger partial charge < -0.3 is 10.6 Å². The molecule has 0 saturated carbocycles. The third kappa shape index (κ3) is 4.12. The van der Waals surface area contributed by atoms with Gasteiger partial charge in [0.15, 0.2) is 0 Å². The van der Waals surface area contributed by atoms with Crippen molar-refractivity contribution in [1.82, 2.24) is 10.6 Å². The van der Waals surface area contributed by atoms with Gasteiger partial charge in [-0.1, -0.05) is 17.7 Å². The van der Waals surface area contributed by atoms with Gasteiger partial charge in [-0.2, -0.15) is 0 Å². The number of hydrogen-bond acceptors (Lipinski definition) is 4. The summed E-state index contributed by atoms with van der Waals surface area (Å²) in [6.07, 6.45) is 1.62. The van der Waals surface area contributed by atoms with E-state index in [1.807, 2.05) is 19.1 Å². The fourth-order valence-corrected chi connectivity index (χ4v) is 5.00. The molecular formula is C25H29N3O3. The van der Waals surface area contributed by atoms with Crippen LogP contribution in [0, 0.1) is 6.92 Å². The Hall–Kier alpha value is -2.99. The predicted octanol–water partition coefficient (Wildman–Crippen LogP) is 3.83. The Morgan fingerprint density at radius 2 is 1.52 bits per heavy atom. The molecule has 162 valence electrons. The van der Waals surface area contributed by atoms with Gasteiger partial charge in [0.2, 0.25) is 0 Å². The van der Waals surface area contributed by atoms with Crippen molar-refractivity contribution in [2.24, 2.45) is 0 Å². The minimum atomic E-state index is -0.400. The number of aryl methyl sites for hydroxylation is 1. The van der Waals surface area contributed by atoms with Crippen molar-refractivity contribution in [3.8, 4) is 0 Å².